The maximum atomic E-state index is 5.33. The zero-order valence-electron chi connectivity index (χ0n) is 14.1. The molecule has 0 amide bonds. The molecule has 2 N–H and O–H groups in total. The minimum Gasteiger partial charge on any atom is -0.377 e. The van der Waals surface area contributed by atoms with E-state index in [1.165, 1.54) is 31.3 Å². The topological polar surface area (TPSA) is 45.7 Å². The van der Waals surface area contributed by atoms with Crippen LogP contribution >= 0.6 is 0 Å². The molecule has 1 unspecified atom stereocenters. The van der Waals surface area contributed by atoms with Gasteiger partial charge in [-0.25, -0.2) is 0 Å². The van der Waals surface area contributed by atoms with E-state index in [0.717, 1.165) is 45.1 Å². The van der Waals surface area contributed by atoms with E-state index in [1.807, 2.05) is 0 Å². The van der Waals surface area contributed by atoms with Crippen LogP contribution in [0.3, 0.4) is 0 Å². The first-order chi connectivity index (χ1) is 10.3. The van der Waals surface area contributed by atoms with Gasteiger partial charge in [0.2, 0.25) is 0 Å². The summed E-state index contributed by atoms with van der Waals surface area (Å²) in [7, 11) is 0. The van der Waals surface area contributed by atoms with Gasteiger partial charge in [-0.15, -0.1) is 0 Å². The van der Waals surface area contributed by atoms with Crippen molar-refractivity contribution in [3.63, 3.8) is 0 Å². The molecule has 0 fully saturated rings. The van der Waals surface area contributed by atoms with Crippen molar-refractivity contribution in [1.82, 2.24) is 10.6 Å². The van der Waals surface area contributed by atoms with Crippen molar-refractivity contribution in [2.75, 3.05) is 26.3 Å². The van der Waals surface area contributed by atoms with E-state index in [0.29, 0.717) is 6.04 Å². The standard InChI is InChI=1S/C17H33N3O/c1-4-6-7-8-15(3)20-17(18-5-2)19-12-9-16-10-13-21-14-11-16/h10,15H,4-9,11-14H2,1-3H3,(H2,18,19,20). The first-order valence-corrected chi connectivity index (χ1v) is 8.56. The van der Waals surface area contributed by atoms with Crippen LogP contribution in [0.15, 0.2) is 16.6 Å². The Labute approximate surface area is 130 Å². The Morgan fingerprint density at radius 3 is 2.90 bits per heavy atom. The Kier molecular flexibility index (Phi) is 9.96. The second-order valence-electron chi connectivity index (χ2n) is 5.74. The van der Waals surface area contributed by atoms with E-state index in [9.17, 15) is 0 Å². The number of hydrogen-bond donors (Lipinski definition) is 2. The monoisotopic (exact) mass is 295 g/mol. The Balaban J connectivity index is 2.32. The van der Waals surface area contributed by atoms with Crippen molar-refractivity contribution >= 4 is 5.96 Å². The zero-order chi connectivity index (χ0) is 15.3. The first kappa shape index (κ1) is 18.0. The van der Waals surface area contributed by atoms with Crippen LogP contribution < -0.4 is 10.6 Å². The third-order valence-corrected chi connectivity index (χ3v) is 3.73. The predicted octanol–water partition coefficient (Wildman–Crippen LogP) is 3.25. The van der Waals surface area contributed by atoms with E-state index < -0.39 is 0 Å². The lowest BCUT2D eigenvalue weighted by Crippen LogP contribution is -2.42. The molecule has 1 aliphatic heterocycles. The van der Waals surface area contributed by atoms with Crippen LogP contribution in [0.2, 0.25) is 0 Å². The zero-order valence-corrected chi connectivity index (χ0v) is 14.1. The summed E-state index contributed by atoms with van der Waals surface area (Å²) in [5.74, 6) is 0.953. The smallest absolute Gasteiger partial charge is 0.191 e. The van der Waals surface area contributed by atoms with Gasteiger partial charge in [0.15, 0.2) is 5.96 Å². The van der Waals surface area contributed by atoms with Gasteiger partial charge in [-0.3, -0.25) is 4.99 Å². The summed E-state index contributed by atoms with van der Waals surface area (Å²) >= 11 is 0. The summed E-state index contributed by atoms with van der Waals surface area (Å²) in [4.78, 5) is 4.69. The minimum absolute atomic E-state index is 0.483. The summed E-state index contributed by atoms with van der Waals surface area (Å²) in [5, 5.41) is 6.85. The molecule has 21 heavy (non-hydrogen) atoms. The third-order valence-electron chi connectivity index (χ3n) is 3.73. The summed E-state index contributed by atoms with van der Waals surface area (Å²) in [6, 6.07) is 0.483. The molecule has 122 valence electrons. The molecule has 0 saturated heterocycles. The number of ether oxygens (including phenoxy) is 1. The van der Waals surface area contributed by atoms with Gasteiger partial charge in [0.1, 0.15) is 0 Å². The summed E-state index contributed by atoms with van der Waals surface area (Å²) in [6.45, 7) is 9.99. The van der Waals surface area contributed by atoms with Gasteiger partial charge < -0.3 is 15.4 Å². The molecule has 1 rings (SSSR count). The Bertz CT molecular complexity index is 326. The van der Waals surface area contributed by atoms with Gasteiger partial charge in [-0.1, -0.05) is 37.8 Å². The lowest BCUT2D eigenvalue weighted by atomic mass is 10.1. The van der Waals surface area contributed by atoms with Crippen LogP contribution in [-0.2, 0) is 4.74 Å². The number of rotatable bonds is 9. The fraction of sp³-hybridized carbons (Fsp3) is 0.824. The van der Waals surface area contributed by atoms with Gasteiger partial charge in [0, 0.05) is 19.1 Å². The molecule has 0 aliphatic carbocycles. The summed E-state index contributed by atoms with van der Waals surface area (Å²) in [6.07, 6.45) is 9.40. The minimum atomic E-state index is 0.483. The highest BCUT2D eigenvalue weighted by Crippen LogP contribution is 2.11. The van der Waals surface area contributed by atoms with E-state index in [-0.39, 0.29) is 0 Å². The number of nitrogens with zero attached hydrogens (tertiary/aromatic N) is 1. The van der Waals surface area contributed by atoms with Gasteiger partial charge in [-0.2, -0.15) is 0 Å². The molecule has 4 nitrogen and oxygen atoms in total. The molecule has 4 heteroatoms. The summed E-state index contributed by atoms with van der Waals surface area (Å²) in [5.41, 5.74) is 1.48. The molecule has 0 spiro atoms. The molecule has 1 atom stereocenters. The molecule has 1 heterocycles. The SMILES string of the molecule is CCCCCC(C)NC(=NCCC1=CCOCC1)NCC. The Hall–Kier alpha value is -1.03. The van der Waals surface area contributed by atoms with Crippen molar-refractivity contribution in [3.8, 4) is 0 Å². The van der Waals surface area contributed by atoms with Crippen LogP contribution in [-0.4, -0.2) is 38.3 Å². The van der Waals surface area contributed by atoms with Crippen LogP contribution in [0.1, 0.15) is 59.3 Å². The molecule has 0 aromatic heterocycles. The molecule has 1 aliphatic rings. The number of guanidine groups is 1. The van der Waals surface area contributed by atoms with Crippen LogP contribution in [0.4, 0.5) is 0 Å². The fourth-order valence-corrected chi connectivity index (χ4v) is 2.43. The second-order valence-corrected chi connectivity index (χ2v) is 5.74. The average molecular weight is 295 g/mol. The lowest BCUT2D eigenvalue weighted by Gasteiger charge is -2.18. The van der Waals surface area contributed by atoms with Crippen LogP contribution in [0.5, 0.6) is 0 Å². The van der Waals surface area contributed by atoms with Crippen molar-refractivity contribution in [2.45, 2.75) is 65.3 Å². The highest BCUT2D eigenvalue weighted by Gasteiger charge is 2.06. The Morgan fingerprint density at radius 1 is 1.38 bits per heavy atom. The molecular formula is C17H33N3O. The highest BCUT2D eigenvalue weighted by atomic mass is 16.5. The molecule has 0 bridgehead atoms. The Morgan fingerprint density at radius 2 is 2.24 bits per heavy atom. The van der Waals surface area contributed by atoms with Crippen molar-refractivity contribution in [1.29, 1.82) is 0 Å². The largest absolute Gasteiger partial charge is 0.377 e. The molecule has 0 aromatic rings. The number of hydrogen-bond acceptors (Lipinski definition) is 2. The van der Waals surface area contributed by atoms with Gasteiger partial charge >= 0.3 is 0 Å². The van der Waals surface area contributed by atoms with Crippen LogP contribution in [0, 0.1) is 0 Å². The van der Waals surface area contributed by atoms with E-state index in [2.05, 4.69) is 42.5 Å². The fourth-order valence-electron chi connectivity index (χ4n) is 2.43. The van der Waals surface area contributed by atoms with Crippen molar-refractivity contribution in [3.05, 3.63) is 11.6 Å². The number of unbranched alkanes of at least 4 members (excludes halogenated alkanes) is 2. The molecular weight excluding hydrogens is 262 g/mol. The van der Waals surface area contributed by atoms with Gasteiger partial charge in [-0.05, 0) is 33.1 Å². The van der Waals surface area contributed by atoms with E-state index >= 15 is 0 Å². The van der Waals surface area contributed by atoms with Crippen molar-refractivity contribution < 1.29 is 4.74 Å². The maximum Gasteiger partial charge on any atom is 0.191 e. The number of nitrogens with one attached hydrogen (secondary N) is 2. The van der Waals surface area contributed by atoms with Gasteiger partial charge in [0.25, 0.3) is 0 Å². The quantitative estimate of drug-likeness (QED) is 0.297. The molecule has 0 aromatic carbocycles. The van der Waals surface area contributed by atoms with Gasteiger partial charge in [0.05, 0.1) is 13.2 Å². The summed E-state index contributed by atoms with van der Waals surface area (Å²) < 4.78 is 5.33. The normalized spacial score (nSPS) is 17.3. The highest BCUT2D eigenvalue weighted by molar-refractivity contribution is 5.80. The predicted molar refractivity (Wildman–Crippen MR) is 90.9 cm³/mol. The maximum absolute atomic E-state index is 5.33. The second kappa shape index (κ2) is 11.6. The van der Waals surface area contributed by atoms with Crippen molar-refractivity contribution in [2.24, 2.45) is 4.99 Å². The number of aliphatic imine (C=N–C) groups is 1. The van der Waals surface area contributed by atoms with Crippen LogP contribution in [0.25, 0.3) is 0 Å². The first-order valence-electron chi connectivity index (χ1n) is 8.56. The lowest BCUT2D eigenvalue weighted by molar-refractivity contribution is 0.153. The van der Waals surface area contributed by atoms with E-state index in [4.69, 9.17) is 4.74 Å². The average Bonchev–Trinajstić information content (AvgIpc) is 2.49. The third kappa shape index (κ3) is 8.76. The molecule has 0 radical (unpaired) electrons. The molecule has 0 saturated carbocycles. The van der Waals surface area contributed by atoms with E-state index in [1.54, 1.807) is 0 Å².